The van der Waals surface area contributed by atoms with Crippen LogP contribution in [0.25, 0.3) is 0 Å². The van der Waals surface area contributed by atoms with Crippen LogP contribution in [-0.4, -0.2) is 36.9 Å². The van der Waals surface area contributed by atoms with E-state index in [2.05, 4.69) is 23.3 Å². The number of rotatable bonds is 5. The maximum Gasteiger partial charge on any atom is 0.408 e. The molecule has 0 aliphatic carbocycles. The summed E-state index contributed by atoms with van der Waals surface area (Å²) in [7, 11) is 1.58. The van der Waals surface area contributed by atoms with E-state index in [0.29, 0.717) is 5.75 Å². The van der Waals surface area contributed by atoms with Crippen molar-refractivity contribution >= 4 is 24.6 Å². The fourth-order valence-corrected chi connectivity index (χ4v) is 2.10. The van der Waals surface area contributed by atoms with Gasteiger partial charge in [0.05, 0.1) is 13.2 Å². The topological polar surface area (TPSA) is 76.7 Å². The normalized spacial score (nSPS) is 20.6. The Kier molecular flexibility index (Phi) is 4.73. The molecule has 0 spiro atoms. The number of benzene rings is 1. The molecule has 1 aromatic carbocycles. The van der Waals surface area contributed by atoms with Crippen molar-refractivity contribution in [3.05, 3.63) is 29.8 Å². The molecule has 0 radical (unpaired) electrons. The lowest BCUT2D eigenvalue weighted by Gasteiger charge is -2.35. The summed E-state index contributed by atoms with van der Waals surface area (Å²) in [6, 6.07) is 6.48. The maximum atomic E-state index is 11.6. The van der Waals surface area contributed by atoms with E-state index in [1.165, 1.54) is 0 Å². The molecule has 1 heterocycles. The Hall–Kier alpha value is -1.89. The lowest BCUT2D eigenvalue weighted by Crippen LogP contribution is -2.69. The molecule has 1 aliphatic heterocycles. The molecule has 1 fully saturated rings. The molecule has 2 rings (SSSR count). The first kappa shape index (κ1) is 14.5. The Balaban J connectivity index is 1.78. The fraction of sp³-hybridized carbons (Fsp3) is 0.385. The van der Waals surface area contributed by atoms with Crippen molar-refractivity contribution < 1.29 is 19.1 Å². The van der Waals surface area contributed by atoms with Gasteiger partial charge in [-0.2, -0.15) is 12.6 Å². The molecule has 6 nitrogen and oxygen atoms in total. The highest BCUT2D eigenvalue weighted by molar-refractivity contribution is 7.80. The van der Waals surface area contributed by atoms with Gasteiger partial charge >= 0.3 is 6.09 Å². The highest BCUT2D eigenvalue weighted by Gasteiger charge is 2.39. The molecule has 1 saturated heterocycles. The number of hydrogen-bond donors (Lipinski definition) is 3. The predicted octanol–water partition coefficient (Wildman–Crippen LogP) is 0.718. The molecule has 0 bridgehead atoms. The summed E-state index contributed by atoms with van der Waals surface area (Å²) >= 11 is 4.08. The average Bonchev–Trinajstić information content (AvgIpc) is 2.48. The second-order valence-corrected chi connectivity index (χ2v) is 4.71. The summed E-state index contributed by atoms with van der Waals surface area (Å²) in [5, 5.41) is 5.15. The van der Waals surface area contributed by atoms with Crippen LogP contribution in [0, 0.1) is 0 Å². The van der Waals surface area contributed by atoms with Gasteiger partial charge in [0.25, 0.3) is 0 Å². The number of hydrogen-bond acceptors (Lipinski definition) is 5. The summed E-state index contributed by atoms with van der Waals surface area (Å²) in [6.45, 7) is 0.135. The average molecular weight is 296 g/mol. The van der Waals surface area contributed by atoms with E-state index in [1.807, 2.05) is 0 Å². The van der Waals surface area contributed by atoms with Crippen LogP contribution in [0.3, 0.4) is 0 Å². The van der Waals surface area contributed by atoms with E-state index in [1.54, 1.807) is 31.4 Å². The van der Waals surface area contributed by atoms with Gasteiger partial charge in [-0.15, -0.1) is 0 Å². The SMILES string of the molecule is COc1ccc(COC(=O)N[C@@H]2C(=O)N[C@@H]2CS)cc1. The van der Waals surface area contributed by atoms with Gasteiger partial charge in [0.1, 0.15) is 18.4 Å². The third-order valence-corrected chi connectivity index (χ3v) is 3.40. The van der Waals surface area contributed by atoms with Gasteiger partial charge in [0.15, 0.2) is 0 Å². The van der Waals surface area contributed by atoms with Gasteiger partial charge in [-0.05, 0) is 17.7 Å². The number of carbonyl (C=O) groups is 2. The molecule has 20 heavy (non-hydrogen) atoms. The number of alkyl carbamates (subject to hydrolysis) is 1. The Morgan fingerprint density at radius 1 is 1.40 bits per heavy atom. The zero-order valence-corrected chi connectivity index (χ0v) is 11.9. The van der Waals surface area contributed by atoms with Crippen molar-refractivity contribution in [3.63, 3.8) is 0 Å². The number of nitrogens with one attached hydrogen (secondary N) is 2. The lowest BCUT2D eigenvalue weighted by atomic mass is 10.0. The summed E-state index contributed by atoms with van der Waals surface area (Å²) < 4.78 is 10.1. The van der Waals surface area contributed by atoms with Gasteiger partial charge in [-0.1, -0.05) is 12.1 Å². The third-order valence-electron chi connectivity index (χ3n) is 3.01. The van der Waals surface area contributed by atoms with Crippen LogP contribution in [0.15, 0.2) is 24.3 Å². The van der Waals surface area contributed by atoms with Gasteiger partial charge in [0, 0.05) is 5.75 Å². The zero-order chi connectivity index (χ0) is 14.5. The second kappa shape index (κ2) is 6.51. The highest BCUT2D eigenvalue weighted by atomic mass is 32.1. The largest absolute Gasteiger partial charge is 0.497 e. The number of β-lactam (4-membered cyclic amide) rings is 1. The molecule has 0 aromatic heterocycles. The third kappa shape index (κ3) is 3.36. The summed E-state index contributed by atoms with van der Waals surface area (Å²) in [5.41, 5.74) is 0.838. The Morgan fingerprint density at radius 3 is 2.65 bits per heavy atom. The number of methoxy groups -OCH3 is 1. The van der Waals surface area contributed by atoms with Crippen molar-refractivity contribution in [1.29, 1.82) is 0 Å². The molecule has 7 heteroatoms. The van der Waals surface area contributed by atoms with Crippen LogP contribution in [-0.2, 0) is 16.1 Å². The molecule has 1 aromatic rings. The maximum absolute atomic E-state index is 11.6. The summed E-state index contributed by atoms with van der Waals surface area (Å²) in [4.78, 5) is 22.8. The number of amides is 2. The van der Waals surface area contributed by atoms with Crippen molar-refractivity contribution in [2.75, 3.05) is 12.9 Å². The van der Waals surface area contributed by atoms with Crippen LogP contribution in [0.1, 0.15) is 5.56 Å². The van der Waals surface area contributed by atoms with Crippen molar-refractivity contribution in [3.8, 4) is 5.75 Å². The second-order valence-electron chi connectivity index (χ2n) is 4.34. The highest BCUT2D eigenvalue weighted by Crippen LogP contribution is 2.12. The van der Waals surface area contributed by atoms with E-state index >= 15 is 0 Å². The van der Waals surface area contributed by atoms with Crippen LogP contribution in [0.5, 0.6) is 5.75 Å². The first-order valence-corrected chi connectivity index (χ1v) is 6.74. The van der Waals surface area contributed by atoms with Crippen molar-refractivity contribution in [2.24, 2.45) is 0 Å². The number of carbonyl (C=O) groups excluding carboxylic acids is 2. The summed E-state index contributed by atoms with van der Waals surface area (Å²) in [6.07, 6.45) is -0.618. The smallest absolute Gasteiger partial charge is 0.408 e. The first-order chi connectivity index (χ1) is 9.63. The van der Waals surface area contributed by atoms with E-state index in [0.717, 1.165) is 11.3 Å². The molecular formula is C13H16N2O4S. The summed E-state index contributed by atoms with van der Waals surface area (Å²) in [5.74, 6) is 0.987. The van der Waals surface area contributed by atoms with Crippen LogP contribution < -0.4 is 15.4 Å². The molecule has 0 unspecified atom stereocenters. The van der Waals surface area contributed by atoms with E-state index in [4.69, 9.17) is 9.47 Å². The minimum Gasteiger partial charge on any atom is -0.497 e. The lowest BCUT2D eigenvalue weighted by molar-refractivity contribution is -0.130. The monoisotopic (exact) mass is 296 g/mol. The molecule has 108 valence electrons. The minimum absolute atomic E-state index is 0.135. The molecule has 0 saturated carbocycles. The van der Waals surface area contributed by atoms with E-state index in [9.17, 15) is 9.59 Å². The Labute approximate surface area is 122 Å². The Morgan fingerprint density at radius 2 is 2.10 bits per heavy atom. The molecule has 1 aliphatic rings. The first-order valence-electron chi connectivity index (χ1n) is 6.11. The molecule has 2 amide bonds. The number of thiol groups is 1. The van der Waals surface area contributed by atoms with Gasteiger partial charge in [-0.3, -0.25) is 4.79 Å². The van der Waals surface area contributed by atoms with E-state index in [-0.39, 0.29) is 18.6 Å². The fourth-order valence-electron chi connectivity index (χ4n) is 1.80. The standard InChI is InChI=1S/C13H16N2O4S/c1-18-9-4-2-8(3-5-9)6-19-13(17)15-11-10(7-20)14-12(11)16/h2-5,10-11,20H,6-7H2,1H3,(H,14,16)(H,15,17)/t10-,11+/m1/s1. The minimum atomic E-state index is -0.618. The number of ether oxygens (including phenoxy) is 2. The quantitative estimate of drug-likeness (QED) is 0.553. The van der Waals surface area contributed by atoms with Crippen molar-refractivity contribution in [1.82, 2.24) is 10.6 Å². The predicted molar refractivity (Wildman–Crippen MR) is 75.9 cm³/mol. The Bertz CT molecular complexity index is 492. The van der Waals surface area contributed by atoms with Gasteiger partial charge < -0.3 is 20.1 Å². The van der Waals surface area contributed by atoms with Crippen molar-refractivity contribution in [2.45, 2.75) is 18.7 Å². The van der Waals surface area contributed by atoms with Crippen LogP contribution in [0.2, 0.25) is 0 Å². The molecule has 2 atom stereocenters. The van der Waals surface area contributed by atoms with Crippen LogP contribution >= 0.6 is 12.6 Å². The van der Waals surface area contributed by atoms with Crippen LogP contribution in [0.4, 0.5) is 4.79 Å². The molecule has 2 N–H and O–H groups in total. The van der Waals surface area contributed by atoms with E-state index < -0.39 is 12.1 Å². The van der Waals surface area contributed by atoms with Gasteiger partial charge in [-0.25, -0.2) is 4.79 Å². The zero-order valence-electron chi connectivity index (χ0n) is 11.0. The molecular weight excluding hydrogens is 280 g/mol. The van der Waals surface area contributed by atoms with Gasteiger partial charge in [0.2, 0.25) is 5.91 Å².